The minimum absolute atomic E-state index is 0.203. The molecule has 0 amide bonds. The molecule has 0 aliphatic carbocycles. The minimum atomic E-state index is -0.203. The first-order valence-corrected chi connectivity index (χ1v) is 5.21. The summed E-state index contributed by atoms with van der Waals surface area (Å²) in [4.78, 5) is 0. The van der Waals surface area contributed by atoms with E-state index in [1.165, 1.54) is 0 Å². The van der Waals surface area contributed by atoms with Crippen LogP contribution < -0.4 is 5.32 Å². The van der Waals surface area contributed by atoms with Gasteiger partial charge in [0.05, 0.1) is 6.10 Å². The highest BCUT2D eigenvalue weighted by Crippen LogP contribution is 2.10. The molecule has 0 aliphatic rings. The van der Waals surface area contributed by atoms with Gasteiger partial charge >= 0.3 is 0 Å². The summed E-state index contributed by atoms with van der Waals surface area (Å²) in [5, 5.41) is 12.9. The van der Waals surface area contributed by atoms with Crippen LogP contribution >= 0.6 is 0 Å². The van der Waals surface area contributed by atoms with Gasteiger partial charge in [0.2, 0.25) is 0 Å². The number of para-hydroxylation sites is 1. The van der Waals surface area contributed by atoms with Crippen molar-refractivity contribution in [2.45, 2.75) is 26.4 Å². The van der Waals surface area contributed by atoms with Crippen LogP contribution in [0.5, 0.6) is 0 Å². The maximum Gasteiger partial charge on any atom is 0.0579 e. The van der Waals surface area contributed by atoms with Crippen LogP contribution in [0.1, 0.15) is 20.3 Å². The summed E-state index contributed by atoms with van der Waals surface area (Å²) in [5.41, 5.74) is 1.11. The fourth-order valence-corrected chi connectivity index (χ4v) is 1.37. The third-order valence-corrected chi connectivity index (χ3v) is 2.48. The highest BCUT2D eigenvalue weighted by Gasteiger charge is 2.10. The highest BCUT2D eigenvalue weighted by molar-refractivity contribution is 5.42. The van der Waals surface area contributed by atoms with Gasteiger partial charge in [-0.3, -0.25) is 0 Å². The van der Waals surface area contributed by atoms with Gasteiger partial charge in [0.1, 0.15) is 0 Å². The number of benzene rings is 1. The van der Waals surface area contributed by atoms with Crippen LogP contribution in [-0.2, 0) is 0 Å². The molecule has 2 unspecified atom stereocenters. The monoisotopic (exact) mass is 193 g/mol. The van der Waals surface area contributed by atoms with E-state index >= 15 is 0 Å². The van der Waals surface area contributed by atoms with Gasteiger partial charge in [-0.1, -0.05) is 32.0 Å². The van der Waals surface area contributed by atoms with Crippen LogP contribution in [-0.4, -0.2) is 17.8 Å². The lowest BCUT2D eigenvalue weighted by Gasteiger charge is -2.18. The predicted molar refractivity (Wildman–Crippen MR) is 60.4 cm³/mol. The van der Waals surface area contributed by atoms with E-state index in [1.54, 1.807) is 0 Å². The molecule has 14 heavy (non-hydrogen) atoms. The van der Waals surface area contributed by atoms with Crippen LogP contribution in [0.3, 0.4) is 0 Å². The Morgan fingerprint density at radius 2 is 1.93 bits per heavy atom. The molecule has 2 atom stereocenters. The molecule has 0 aliphatic heterocycles. The third-order valence-electron chi connectivity index (χ3n) is 2.48. The molecule has 1 rings (SSSR count). The fraction of sp³-hybridized carbons (Fsp3) is 0.500. The first-order chi connectivity index (χ1) is 6.74. The van der Waals surface area contributed by atoms with Crippen molar-refractivity contribution in [3.05, 3.63) is 30.3 Å². The Bertz CT molecular complexity index is 248. The maximum absolute atomic E-state index is 9.56. The Balaban J connectivity index is 2.34. The smallest absolute Gasteiger partial charge is 0.0579 e. The minimum Gasteiger partial charge on any atom is -0.393 e. The Hall–Kier alpha value is -1.02. The molecule has 1 aromatic carbocycles. The Kier molecular flexibility index (Phi) is 4.47. The van der Waals surface area contributed by atoms with Crippen molar-refractivity contribution >= 4 is 5.69 Å². The lowest BCUT2D eigenvalue weighted by molar-refractivity contribution is 0.118. The van der Waals surface area contributed by atoms with Crippen molar-refractivity contribution in [2.24, 2.45) is 5.92 Å². The molecule has 78 valence electrons. The van der Waals surface area contributed by atoms with E-state index < -0.39 is 0 Å². The predicted octanol–water partition coefficient (Wildman–Crippen LogP) is 2.51. The van der Waals surface area contributed by atoms with Gasteiger partial charge in [0.15, 0.2) is 0 Å². The summed E-state index contributed by atoms with van der Waals surface area (Å²) in [6, 6.07) is 10.1. The van der Waals surface area contributed by atoms with Gasteiger partial charge in [-0.2, -0.15) is 0 Å². The first kappa shape index (κ1) is 11.1. The largest absolute Gasteiger partial charge is 0.393 e. The van der Waals surface area contributed by atoms with Crippen LogP contribution in [0.2, 0.25) is 0 Å². The summed E-state index contributed by atoms with van der Waals surface area (Å²) in [6.07, 6.45) is 0.615. The van der Waals surface area contributed by atoms with E-state index in [0.29, 0.717) is 5.92 Å². The van der Waals surface area contributed by atoms with Crippen LogP contribution in [0.15, 0.2) is 30.3 Å². The standard InChI is InChI=1S/C12H19NO/c1-3-12(14)10(2)9-13-11-7-5-4-6-8-11/h4-8,10,12-14H,3,9H2,1-2H3. The van der Waals surface area contributed by atoms with Crippen LogP contribution in [0.4, 0.5) is 5.69 Å². The quantitative estimate of drug-likeness (QED) is 0.753. The molecule has 0 bridgehead atoms. The van der Waals surface area contributed by atoms with Gasteiger partial charge in [0.25, 0.3) is 0 Å². The third kappa shape index (κ3) is 3.38. The highest BCUT2D eigenvalue weighted by atomic mass is 16.3. The molecule has 0 heterocycles. The SMILES string of the molecule is CCC(O)C(C)CNc1ccccc1. The van der Waals surface area contributed by atoms with Crippen molar-refractivity contribution in [1.82, 2.24) is 0 Å². The summed E-state index contributed by atoms with van der Waals surface area (Å²) in [6.45, 7) is 4.88. The van der Waals surface area contributed by atoms with Crippen molar-refractivity contribution in [3.63, 3.8) is 0 Å². The second kappa shape index (κ2) is 5.66. The fourth-order valence-electron chi connectivity index (χ4n) is 1.37. The molecule has 2 nitrogen and oxygen atoms in total. The molecule has 0 saturated carbocycles. The number of hydrogen-bond donors (Lipinski definition) is 2. The summed E-state index contributed by atoms with van der Waals surface area (Å²) >= 11 is 0. The van der Waals surface area contributed by atoms with Gasteiger partial charge in [0, 0.05) is 12.2 Å². The summed E-state index contributed by atoms with van der Waals surface area (Å²) in [5.74, 6) is 0.292. The molecule has 2 heteroatoms. The van der Waals surface area contributed by atoms with Crippen molar-refractivity contribution in [2.75, 3.05) is 11.9 Å². The zero-order chi connectivity index (χ0) is 10.4. The Morgan fingerprint density at radius 3 is 2.50 bits per heavy atom. The van der Waals surface area contributed by atoms with Gasteiger partial charge < -0.3 is 10.4 Å². The lowest BCUT2D eigenvalue weighted by atomic mass is 10.0. The van der Waals surface area contributed by atoms with Gasteiger partial charge in [-0.15, -0.1) is 0 Å². The Morgan fingerprint density at radius 1 is 1.29 bits per heavy atom. The van der Waals surface area contributed by atoms with E-state index in [4.69, 9.17) is 0 Å². The zero-order valence-corrected chi connectivity index (χ0v) is 8.90. The second-order valence-electron chi connectivity index (χ2n) is 3.70. The van der Waals surface area contributed by atoms with Gasteiger partial charge in [-0.05, 0) is 24.5 Å². The number of aliphatic hydroxyl groups is 1. The van der Waals surface area contributed by atoms with Crippen molar-refractivity contribution < 1.29 is 5.11 Å². The Labute approximate surface area is 86.0 Å². The van der Waals surface area contributed by atoms with Crippen LogP contribution in [0.25, 0.3) is 0 Å². The van der Waals surface area contributed by atoms with Gasteiger partial charge in [-0.25, -0.2) is 0 Å². The molecule has 2 N–H and O–H groups in total. The molecule has 0 aromatic heterocycles. The maximum atomic E-state index is 9.56. The van der Waals surface area contributed by atoms with Crippen LogP contribution in [0, 0.1) is 5.92 Å². The summed E-state index contributed by atoms with van der Waals surface area (Å²) < 4.78 is 0. The molecular formula is C12H19NO. The van der Waals surface area contributed by atoms with E-state index in [9.17, 15) is 5.11 Å². The normalized spacial score (nSPS) is 14.8. The molecular weight excluding hydrogens is 174 g/mol. The number of aliphatic hydroxyl groups excluding tert-OH is 1. The molecule has 1 aromatic rings. The zero-order valence-electron chi connectivity index (χ0n) is 8.90. The lowest BCUT2D eigenvalue weighted by Crippen LogP contribution is -2.23. The van der Waals surface area contributed by atoms with E-state index in [2.05, 4.69) is 12.2 Å². The average molecular weight is 193 g/mol. The van der Waals surface area contributed by atoms with Crippen molar-refractivity contribution in [3.8, 4) is 0 Å². The van der Waals surface area contributed by atoms with E-state index in [1.807, 2.05) is 37.3 Å². The summed E-state index contributed by atoms with van der Waals surface area (Å²) in [7, 11) is 0. The van der Waals surface area contributed by atoms with E-state index in [-0.39, 0.29) is 6.10 Å². The molecule has 0 radical (unpaired) electrons. The number of hydrogen-bond acceptors (Lipinski definition) is 2. The van der Waals surface area contributed by atoms with E-state index in [0.717, 1.165) is 18.7 Å². The molecule has 0 spiro atoms. The van der Waals surface area contributed by atoms with Crippen molar-refractivity contribution in [1.29, 1.82) is 0 Å². The second-order valence-corrected chi connectivity index (χ2v) is 3.70. The number of nitrogens with one attached hydrogen (secondary N) is 1. The average Bonchev–Trinajstić information content (AvgIpc) is 2.26. The first-order valence-electron chi connectivity index (χ1n) is 5.21. The number of anilines is 1. The molecule has 0 saturated heterocycles. The topological polar surface area (TPSA) is 32.3 Å². The molecule has 0 fully saturated rings. The number of rotatable bonds is 5.